The van der Waals surface area contributed by atoms with E-state index in [1.165, 1.54) is 0 Å². The molecule has 2 aliphatic rings. The van der Waals surface area contributed by atoms with E-state index in [0.717, 1.165) is 19.3 Å². The molecule has 0 amide bonds. The van der Waals surface area contributed by atoms with Gasteiger partial charge in [0, 0.05) is 24.7 Å². The second-order valence-corrected chi connectivity index (χ2v) is 6.55. The first-order valence-corrected chi connectivity index (χ1v) is 7.31. The molecule has 1 aliphatic carbocycles. The lowest BCUT2D eigenvalue weighted by Gasteiger charge is -2.48. The van der Waals surface area contributed by atoms with Crippen LogP contribution >= 0.6 is 0 Å². The monoisotopic (exact) mass is 278 g/mol. The van der Waals surface area contributed by atoms with Gasteiger partial charge in [-0.15, -0.1) is 0 Å². The van der Waals surface area contributed by atoms with E-state index in [2.05, 4.69) is 19.2 Å². The molecule has 0 aromatic rings. The molecule has 2 rings (SSSR count). The van der Waals surface area contributed by atoms with E-state index in [4.69, 9.17) is 0 Å². The van der Waals surface area contributed by atoms with Gasteiger partial charge in [-0.2, -0.15) is 13.2 Å². The zero-order valence-electron chi connectivity index (χ0n) is 12.1. The highest BCUT2D eigenvalue weighted by Gasteiger charge is 2.48. The van der Waals surface area contributed by atoms with E-state index in [1.54, 1.807) is 4.90 Å². The van der Waals surface area contributed by atoms with E-state index >= 15 is 0 Å². The molecule has 1 saturated carbocycles. The van der Waals surface area contributed by atoms with Crippen molar-refractivity contribution in [1.29, 1.82) is 0 Å². The highest BCUT2D eigenvalue weighted by atomic mass is 19.4. The van der Waals surface area contributed by atoms with Gasteiger partial charge in [-0.05, 0) is 31.6 Å². The van der Waals surface area contributed by atoms with Gasteiger partial charge in [0.15, 0.2) is 0 Å². The van der Waals surface area contributed by atoms with Gasteiger partial charge in [0.05, 0.1) is 6.54 Å². The summed E-state index contributed by atoms with van der Waals surface area (Å²) in [5.74, 6) is 0.847. The van der Waals surface area contributed by atoms with Gasteiger partial charge >= 0.3 is 6.18 Å². The molecule has 1 N–H and O–H groups in total. The summed E-state index contributed by atoms with van der Waals surface area (Å²) in [6.45, 7) is 6.61. The third-order valence-corrected chi connectivity index (χ3v) is 4.88. The zero-order chi connectivity index (χ0) is 14.3. The minimum absolute atomic E-state index is 0.00144. The van der Waals surface area contributed by atoms with E-state index in [9.17, 15) is 13.2 Å². The highest BCUT2D eigenvalue weighted by molar-refractivity contribution is 5.04. The van der Waals surface area contributed by atoms with Crippen LogP contribution in [0, 0.1) is 11.8 Å². The van der Waals surface area contributed by atoms with E-state index in [1.807, 2.05) is 6.92 Å². The van der Waals surface area contributed by atoms with Gasteiger partial charge in [-0.25, -0.2) is 0 Å². The number of nitrogens with one attached hydrogen (secondary N) is 1. The maximum Gasteiger partial charge on any atom is 0.401 e. The summed E-state index contributed by atoms with van der Waals surface area (Å²) in [6, 6.07) is -0.00144. The van der Waals surface area contributed by atoms with E-state index < -0.39 is 12.7 Å². The normalized spacial score (nSPS) is 35.4. The number of hydrogen-bond acceptors (Lipinski definition) is 2. The van der Waals surface area contributed by atoms with Crippen molar-refractivity contribution in [2.45, 2.75) is 57.8 Å². The van der Waals surface area contributed by atoms with Crippen LogP contribution in [0.4, 0.5) is 13.2 Å². The Morgan fingerprint density at radius 2 is 2.00 bits per heavy atom. The summed E-state index contributed by atoms with van der Waals surface area (Å²) < 4.78 is 38.4. The number of halogens is 3. The first-order valence-electron chi connectivity index (χ1n) is 7.31. The molecule has 1 saturated heterocycles. The molecule has 2 nitrogen and oxygen atoms in total. The summed E-state index contributed by atoms with van der Waals surface area (Å²) in [4.78, 5) is 1.67. The maximum absolute atomic E-state index is 12.8. The number of alkyl halides is 3. The number of rotatable bonds is 4. The lowest BCUT2D eigenvalue weighted by molar-refractivity contribution is -0.159. The topological polar surface area (TPSA) is 15.3 Å². The molecule has 2 fully saturated rings. The summed E-state index contributed by atoms with van der Waals surface area (Å²) >= 11 is 0. The van der Waals surface area contributed by atoms with Gasteiger partial charge in [-0.3, -0.25) is 4.90 Å². The van der Waals surface area contributed by atoms with Gasteiger partial charge in [0.1, 0.15) is 0 Å². The van der Waals surface area contributed by atoms with Crippen molar-refractivity contribution in [1.82, 2.24) is 10.2 Å². The fraction of sp³-hybridized carbons (Fsp3) is 1.00. The fourth-order valence-corrected chi connectivity index (χ4v) is 3.29. The van der Waals surface area contributed by atoms with E-state index in [0.29, 0.717) is 24.9 Å². The molecule has 3 atom stereocenters. The predicted molar refractivity (Wildman–Crippen MR) is 70.0 cm³/mol. The SMILES string of the molecule is CCC(C)C1CNC(C)(C2CC2)CN1CC(F)(F)F. The van der Waals surface area contributed by atoms with Gasteiger partial charge < -0.3 is 5.32 Å². The van der Waals surface area contributed by atoms with Gasteiger partial charge in [-0.1, -0.05) is 20.3 Å². The lowest BCUT2D eigenvalue weighted by Crippen LogP contribution is -2.66. The number of hydrogen-bond donors (Lipinski definition) is 1. The van der Waals surface area contributed by atoms with Crippen LogP contribution in [0.5, 0.6) is 0 Å². The third-order valence-electron chi connectivity index (χ3n) is 4.88. The van der Waals surface area contributed by atoms with Crippen molar-refractivity contribution in [3.05, 3.63) is 0 Å². The van der Waals surface area contributed by atoms with Crippen LogP contribution in [0.1, 0.15) is 40.0 Å². The molecule has 0 aromatic heterocycles. The van der Waals surface area contributed by atoms with Crippen molar-refractivity contribution >= 4 is 0 Å². The Kier molecular flexibility index (Phi) is 4.17. The summed E-state index contributed by atoms with van der Waals surface area (Å²) in [6.07, 6.45) is -0.886. The third kappa shape index (κ3) is 3.63. The minimum Gasteiger partial charge on any atom is -0.308 e. The number of piperazine rings is 1. The minimum atomic E-state index is -4.10. The predicted octanol–water partition coefficient (Wildman–Crippen LogP) is 3.04. The molecule has 1 aliphatic heterocycles. The van der Waals surface area contributed by atoms with Crippen LogP contribution < -0.4 is 5.32 Å². The Morgan fingerprint density at radius 3 is 2.47 bits per heavy atom. The Balaban J connectivity index is 2.08. The Bertz CT molecular complexity index is 314. The molecular weight excluding hydrogens is 253 g/mol. The average Bonchev–Trinajstić information content (AvgIpc) is 3.10. The standard InChI is InChI=1S/C14H25F3N2/c1-4-10(2)12-7-18-13(3,11-5-6-11)8-19(12)9-14(15,16)17/h10-12,18H,4-9H2,1-3H3. The van der Waals surface area contributed by atoms with E-state index in [-0.39, 0.29) is 11.6 Å². The molecule has 3 unspecified atom stereocenters. The first-order chi connectivity index (χ1) is 8.75. The molecule has 0 spiro atoms. The average molecular weight is 278 g/mol. The molecule has 0 bridgehead atoms. The summed E-state index contributed by atoms with van der Waals surface area (Å²) in [5, 5.41) is 3.53. The maximum atomic E-state index is 12.8. The smallest absolute Gasteiger partial charge is 0.308 e. The molecule has 112 valence electrons. The molecule has 0 aromatic carbocycles. The van der Waals surface area contributed by atoms with Crippen molar-refractivity contribution in [3.8, 4) is 0 Å². The molecular formula is C14H25F3N2. The lowest BCUT2D eigenvalue weighted by atomic mass is 9.87. The second kappa shape index (κ2) is 5.24. The fourth-order valence-electron chi connectivity index (χ4n) is 3.29. The van der Waals surface area contributed by atoms with Crippen molar-refractivity contribution < 1.29 is 13.2 Å². The van der Waals surface area contributed by atoms with Crippen LogP contribution in [-0.2, 0) is 0 Å². The van der Waals surface area contributed by atoms with Crippen LogP contribution in [-0.4, -0.2) is 42.3 Å². The molecule has 0 radical (unpaired) electrons. The number of nitrogens with zero attached hydrogens (tertiary/aromatic N) is 1. The second-order valence-electron chi connectivity index (χ2n) is 6.55. The molecule has 1 heterocycles. The quantitative estimate of drug-likeness (QED) is 0.850. The largest absolute Gasteiger partial charge is 0.401 e. The van der Waals surface area contributed by atoms with Crippen molar-refractivity contribution in [3.63, 3.8) is 0 Å². The van der Waals surface area contributed by atoms with Gasteiger partial charge in [0.2, 0.25) is 0 Å². The molecule has 5 heteroatoms. The van der Waals surface area contributed by atoms with Crippen molar-refractivity contribution in [2.24, 2.45) is 11.8 Å². The highest BCUT2D eigenvalue weighted by Crippen LogP contribution is 2.42. The summed E-state index contributed by atoms with van der Waals surface area (Å²) in [7, 11) is 0. The van der Waals surface area contributed by atoms with Gasteiger partial charge in [0.25, 0.3) is 0 Å². The zero-order valence-corrected chi connectivity index (χ0v) is 12.1. The van der Waals surface area contributed by atoms with Crippen LogP contribution in [0.15, 0.2) is 0 Å². The van der Waals surface area contributed by atoms with Crippen LogP contribution in [0.2, 0.25) is 0 Å². The Hall–Kier alpha value is -0.290. The first kappa shape index (κ1) is 15.1. The summed E-state index contributed by atoms with van der Waals surface area (Å²) in [5.41, 5.74) is -0.130. The van der Waals surface area contributed by atoms with Crippen LogP contribution in [0.25, 0.3) is 0 Å². The van der Waals surface area contributed by atoms with Crippen molar-refractivity contribution in [2.75, 3.05) is 19.6 Å². The molecule has 19 heavy (non-hydrogen) atoms. The Morgan fingerprint density at radius 1 is 1.37 bits per heavy atom. The Labute approximate surface area is 113 Å². The van der Waals surface area contributed by atoms with Crippen LogP contribution in [0.3, 0.4) is 0 Å².